The summed E-state index contributed by atoms with van der Waals surface area (Å²) < 4.78 is 5.11. The Balaban J connectivity index is 2.12. The maximum absolute atomic E-state index is 11.4. The Morgan fingerprint density at radius 3 is 2.67 bits per heavy atom. The fraction of sp³-hybridized carbons (Fsp3) is 0.438. The average Bonchev–Trinajstić information content (AvgIpc) is 2.35. The van der Waals surface area contributed by atoms with Gasteiger partial charge >= 0.3 is 6.09 Å². The lowest BCUT2D eigenvalue weighted by Gasteiger charge is -2.19. The number of benzene rings is 1. The number of nitrogens with one attached hydrogen (secondary N) is 2. The molecule has 1 amide bonds. The quantitative estimate of drug-likeness (QED) is 0.556. The lowest BCUT2D eigenvalue weighted by atomic mass is 10.2. The van der Waals surface area contributed by atoms with E-state index in [2.05, 4.69) is 10.6 Å². The SMILES string of the molecule is CC(C)(C)OC(=O)NC/C=C/CNCc1cccc(O)c1. The van der Waals surface area contributed by atoms with E-state index in [1.54, 1.807) is 12.1 Å². The van der Waals surface area contributed by atoms with Crippen LogP contribution in [0.25, 0.3) is 0 Å². The van der Waals surface area contributed by atoms with Crippen molar-refractivity contribution < 1.29 is 14.6 Å². The smallest absolute Gasteiger partial charge is 0.407 e. The molecule has 0 bridgehead atoms. The normalized spacial score (nSPS) is 11.6. The maximum atomic E-state index is 11.4. The van der Waals surface area contributed by atoms with Gasteiger partial charge in [0.1, 0.15) is 11.4 Å². The van der Waals surface area contributed by atoms with Gasteiger partial charge in [-0.25, -0.2) is 4.79 Å². The molecule has 21 heavy (non-hydrogen) atoms. The number of hydrogen-bond donors (Lipinski definition) is 3. The van der Waals surface area contributed by atoms with Crippen LogP contribution in [0.15, 0.2) is 36.4 Å². The molecule has 0 aliphatic rings. The molecule has 0 aromatic heterocycles. The second-order valence-corrected chi connectivity index (χ2v) is 5.65. The minimum atomic E-state index is -0.476. The molecular formula is C16H24N2O3. The van der Waals surface area contributed by atoms with Crippen molar-refractivity contribution >= 4 is 6.09 Å². The summed E-state index contributed by atoms with van der Waals surface area (Å²) in [6, 6.07) is 7.12. The number of rotatable bonds is 6. The van der Waals surface area contributed by atoms with Crippen LogP contribution in [0, 0.1) is 0 Å². The van der Waals surface area contributed by atoms with E-state index >= 15 is 0 Å². The van der Waals surface area contributed by atoms with Crippen LogP contribution in [0.2, 0.25) is 0 Å². The third-order valence-corrected chi connectivity index (χ3v) is 2.43. The van der Waals surface area contributed by atoms with Gasteiger partial charge in [-0.3, -0.25) is 0 Å². The van der Waals surface area contributed by atoms with E-state index in [1.807, 2.05) is 45.1 Å². The minimum Gasteiger partial charge on any atom is -0.508 e. The second-order valence-electron chi connectivity index (χ2n) is 5.65. The first-order chi connectivity index (χ1) is 9.87. The van der Waals surface area contributed by atoms with E-state index in [9.17, 15) is 9.90 Å². The van der Waals surface area contributed by atoms with Crippen molar-refractivity contribution in [3.63, 3.8) is 0 Å². The first-order valence-corrected chi connectivity index (χ1v) is 6.97. The van der Waals surface area contributed by atoms with Crippen molar-refractivity contribution in [2.24, 2.45) is 0 Å². The summed E-state index contributed by atoms with van der Waals surface area (Å²) in [6.45, 7) is 7.28. The fourth-order valence-corrected chi connectivity index (χ4v) is 1.59. The van der Waals surface area contributed by atoms with Crippen molar-refractivity contribution in [1.82, 2.24) is 10.6 Å². The standard InChI is InChI=1S/C16H24N2O3/c1-16(2,3)21-15(20)18-10-5-4-9-17-12-13-7-6-8-14(19)11-13/h4-8,11,17,19H,9-10,12H2,1-3H3,(H,18,20)/b5-4+. The number of carbonyl (C=O) groups excluding carboxylic acids is 1. The minimum absolute atomic E-state index is 0.270. The Labute approximate surface area is 126 Å². The first-order valence-electron chi connectivity index (χ1n) is 6.97. The summed E-state index contributed by atoms with van der Waals surface area (Å²) in [5.41, 5.74) is 0.548. The van der Waals surface area contributed by atoms with Gasteiger partial charge in [0.25, 0.3) is 0 Å². The van der Waals surface area contributed by atoms with Crippen LogP contribution in [-0.2, 0) is 11.3 Å². The van der Waals surface area contributed by atoms with Crippen LogP contribution < -0.4 is 10.6 Å². The van der Waals surface area contributed by atoms with Crippen LogP contribution in [0.4, 0.5) is 4.79 Å². The van der Waals surface area contributed by atoms with Crippen molar-refractivity contribution in [2.75, 3.05) is 13.1 Å². The van der Waals surface area contributed by atoms with Gasteiger partial charge in [-0.05, 0) is 38.5 Å². The van der Waals surface area contributed by atoms with Crippen LogP contribution in [0.5, 0.6) is 5.75 Å². The molecular weight excluding hydrogens is 268 g/mol. The number of phenolic OH excluding ortho intramolecular Hbond substituents is 1. The molecule has 5 heteroatoms. The van der Waals surface area contributed by atoms with Gasteiger partial charge in [0.2, 0.25) is 0 Å². The third-order valence-electron chi connectivity index (χ3n) is 2.43. The molecule has 3 N–H and O–H groups in total. The number of phenols is 1. The highest BCUT2D eigenvalue weighted by molar-refractivity contribution is 5.67. The molecule has 0 radical (unpaired) electrons. The van der Waals surface area contributed by atoms with Crippen molar-refractivity contribution in [2.45, 2.75) is 32.9 Å². The number of carbonyl (C=O) groups is 1. The number of ether oxygens (including phenoxy) is 1. The largest absolute Gasteiger partial charge is 0.508 e. The third kappa shape index (κ3) is 8.70. The molecule has 0 saturated carbocycles. The van der Waals surface area contributed by atoms with Gasteiger partial charge in [0.15, 0.2) is 0 Å². The number of alkyl carbamates (subject to hydrolysis) is 1. The number of amides is 1. The molecule has 0 fully saturated rings. The summed E-state index contributed by atoms with van der Waals surface area (Å²) in [7, 11) is 0. The fourth-order valence-electron chi connectivity index (χ4n) is 1.59. The zero-order chi connectivity index (χ0) is 15.7. The molecule has 0 spiro atoms. The summed E-state index contributed by atoms with van der Waals surface area (Å²) in [4.78, 5) is 11.4. The highest BCUT2D eigenvalue weighted by Gasteiger charge is 2.14. The van der Waals surface area contributed by atoms with Gasteiger partial charge in [-0.2, -0.15) is 0 Å². The predicted octanol–water partition coefficient (Wildman–Crippen LogP) is 2.56. The van der Waals surface area contributed by atoms with E-state index in [-0.39, 0.29) is 5.75 Å². The number of hydrogen-bond acceptors (Lipinski definition) is 4. The monoisotopic (exact) mass is 292 g/mol. The van der Waals surface area contributed by atoms with E-state index < -0.39 is 11.7 Å². The Morgan fingerprint density at radius 2 is 2.00 bits per heavy atom. The average molecular weight is 292 g/mol. The van der Waals surface area contributed by atoms with E-state index in [1.165, 1.54) is 0 Å². The Morgan fingerprint density at radius 1 is 1.29 bits per heavy atom. The van der Waals surface area contributed by atoms with Crippen molar-refractivity contribution in [1.29, 1.82) is 0 Å². The molecule has 1 aromatic carbocycles. The Kier molecular flexibility index (Phi) is 6.75. The van der Waals surface area contributed by atoms with Gasteiger partial charge in [-0.15, -0.1) is 0 Å². The van der Waals surface area contributed by atoms with Crippen LogP contribution in [0.3, 0.4) is 0 Å². The van der Waals surface area contributed by atoms with Gasteiger partial charge in [0.05, 0.1) is 0 Å². The molecule has 0 saturated heterocycles. The van der Waals surface area contributed by atoms with Gasteiger partial charge in [-0.1, -0.05) is 24.3 Å². The molecule has 116 valence electrons. The van der Waals surface area contributed by atoms with Crippen LogP contribution >= 0.6 is 0 Å². The zero-order valence-electron chi connectivity index (χ0n) is 12.8. The molecule has 0 heterocycles. The molecule has 0 aliphatic carbocycles. The second kappa shape index (κ2) is 8.32. The van der Waals surface area contributed by atoms with Gasteiger partial charge in [0, 0.05) is 19.6 Å². The van der Waals surface area contributed by atoms with E-state index in [0.29, 0.717) is 19.6 Å². The summed E-state index contributed by atoms with van der Waals surface area (Å²) >= 11 is 0. The van der Waals surface area contributed by atoms with Crippen LogP contribution in [0.1, 0.15) is 26.3 Å². The lowest BCUT2D eigenvalue weighted by Crippen LogP contribution is -2.32. The molecule has 0 aliphatic heterocycles. The maximum Gasteiger partial charge on any atom is 0.407 e. The van der Waals surface area contributed by atoms with Gasteiger partial charge < -0.3 is 20.5 Å². The molecule has 0 unspecified atom stereocenters. The highest BCUT2D eigenvalue weighted by Crippen LogP contribution is 2.10. The molecule has 0 atom stereocenters. The summed E-state index contributed by atoms with van der Waals surface area (Å²) in [5.74, 6) is 0.270. The predicted molar refractivity (Wildman–Crippen MR) is 83.2 cm³/mol. The Bertz CT molecular complexity index is 479. The summed E-state index contributed by atoms with van der Waals surface area (Å²) in [5, 5.41) is 15.2. The molecule has 1 aromatic rings. The van der Waals surface area contributed by atoms with Crippen LogP contribution in [-0.4, -0.2) is 29.9 Å². The number of aromatic hydroxyl groups is 1. The molecule has 1 rings (SSSR count). The summed E-state index contributed by atoms with van der Waals surface area (Å²) in [6.07, 6.45) is 3.37. The van der Waals surface area contributed by atoms with E-state index in [0.717, 1.165) is 5.56 Å². The first kappa shape index (κ1) is 17.0. The van der Waals surface area contributed by atoms with Crippen molar-refractivity contribution in [3.8, 4) is 5.75 Å². The lowest BCUT2D eigenvalue weighted by molar-refractivity contribution is 0.0534. The van der Waals surface area contributed by atoms with Crippen molar-refractivity contribution in [3.05, 3.63) is 42.0 Å². The Hall–Kier alpha value is -2.01. The van der Waals surface area contributed by atoms with E-state index in [4.69, 9.17) is 4.74 Å². The topological polar surface area (TPSA) is 70.6 Å². The molecule has 5 nitrogen and oxygen atoms in total. The highest BCUT2D eigenvalue weighted by atomic mass is 16.6. The zero-order valence-corrected chi connectivity index (χ0v) is 12.8.